The predicted octanol–water partition coefficient (Wildman–Crippen LogP) is 1.14. The average molecular weight is 254 g/mol. The Labute approximate surface area is 110 Å². The molecule has 4 nitrogen and oxygen atoms in total. The van der Waals surface area contributed by atoms with E-state index in [1.54, 1.807) is 0 Å². The third-order valence-corrected chi connectivity index (χ3v) is 3.98. The molecule has 0 radical (unpaired) electrons. The topological polar surface area (TPSA) is 52.6 Å². The number of aliphatic hydroxyl groups is 1. The van der Waals surface area contributed by atoms with Crippen LogP contribution in [0.4, 0.5) is 0 Å². The number of amides is 1. The number of hydrogen-bond acceptors (Lipinski definition) is 3. The van der Waals surface area contributed by atoms with Crippen LogP contribution >= 0.6 is 0 Å². The van der Waals surface area contributed by atoms with E-state index in [1.807, 2.05) is 4.90 Å². The number of nitrogens with one attached hydrogen (secondary N) is 1. The lowest BCUT2D eigenvalue weighted by Gasteiger charge is -2.33. The van der Waals surface area contributed by atoms with Crippen LogP contribution in [0.5, 0.6) is 0 Å². The van der Waals surface area contributed by atoms with Gasteiger partial charge in [0.1, 0.15) is 0 Å². The first kappa shape index (κ1) is 13.8. The maximum Gasteiger partial charge on any atom is 0.239 e. The zero-order valence-corrected chi connectivity index (χ0v) is 11.4. The first-order valence-corrected chi connectivity index (χ1v) is 7.36. The van der Waals surface area contributed by atoms with Crippen molar-refractivity contribution >= 4 is 5.91 Å². The van der Waals surface area contributed by atoms with Gasteiger partial charge in [-0.3, -0.25) is 4.79 Å². The van der Waals surface area contributed by atoms with Gasteiger partial charge in [0.15, 0.2) is 0 Å². The van der Waals surface area contributed by atoms with Crippen molar-refractivity contribution in [2.45, 2.75) is 57.5 Å². The Morgan fingerprint density at radius 3 is 2.89 bits per heavy atom. The molecule has 1 aliphatic carbocycles. The quantitative estimate of drug-likeness (QED) is 0.716. The van der Waals surface area contributed by atoms with E-state index in [4.69, 9.17) is 5.11 Å². The van der Waals surface area contributed by atoms with Crippen molar-refractivity contribution < 1.29 is 9.90 Å². The normalized spacial score (nSPS) is 26.4. The van der Waals surface area contributed by atoms with Gasteiger partial charge < -0.3 is 15.3 Å². The molecule has 0 spiro atoms. The summed E-state index contributed by atoms with van der Waals surface area (Å²) >= 11 is 0. The molecule has 2 fully saturated rings. The lowest BCUT2D eigenvalue weighted by molar-refractivity contribution is -0.136. The lowest BCUT2D eigenvalue weighted by atomic mass is 10.0. The Bertz CT molecular complexity index is 279. The number of likely N-dealkylation sites (tertiary alicyclic amines) is 1. The lowest BCUT2D eigenvalue weighted by Crippen LogP contribution is -2.51. The molecule has 2 atom stereocenters. The molecular formula is C14H26N2O2. The summed E-state index contributed by atoms with van der Waals surface area (Å²) in [5, 5.41) is 12.4. The minimum atomic E-state index is 0.0708. The van der Waals surface area contributed by atoms with Crippen LogP contribution in [-0.4, -0.2) is 47.7 Å². The standard InChI is InChI=1S/C14H26N2O2/c1-11(10-17)4-2-8-16-9-3-5-13(14(16)18)15-12-6-7-12/h11-13,15,17H,2-10H2,1H3. The molecule has 0 aromatic heterocycles. The van der Waals surface area contributed by atoms with Crippen LogP contribution in [0.2, 0.25) is 0 Å². The minimum absolute atomic E-state index is 0.0708. The number of piperidine rings is 1. The molecule has 2 unspecified atom stereocenters. The SMILES string of the molecule is CC(CO)CCCN1CCCC(NC2CC2)C1=O. The fourth-order valence-corrected chi connectivity index (χ4v) is 2.57. The number of rotatable bonds is 7. The third-order valence-electron chi connectivity index (χ3n) is 3.98. The van der Waals surface area contributed by atoms with Crippen molar-refractivity contribution in [3.05, 3.63) is 0 Å². The number of nitrogens with zero attached hydrogens (tertiary/aromatic N) is 1. The summed E-state index contributed by atoms with van der Waals surface area (Å²) in [7, 11) is 0. The fourth-order valence-electron chi connectivity index (χ4n) is 2.57. The molecule has 1 amide bonds. The van der Waals surface area contributed by atoms with Crippen molar-refractivity contribution in [1.82, 2.24) is 10.2 Å². The molecule has 1 aliphatic heterocycles. The molecule has 2 N–H and O–H groups in total. The molecule has 2 aliphatic rings. The Morgan fingerprint density at radius 2 is 2.22 bits per heavy atom. The molecule has 1 saturated carbocycles. The fraction of sp³-hybridized carbons (Fsp3) is 0.929. The van der Waals surface area contributed by atoms with Gasteiger partial charge in [0.05, 0.1) is 6.04 Å². The molecule has 0 aromatic rings. The van der Waals surface area contributed by atoms with E-state index >= 15 is 0 Å². The van der Waals surface area contributed by atoms with E-state index in [9.17, 15) is 4.79 Å². The Balaban J connectivity index is 1.71. The van der Waals surface area contributed by atoms with Crippen LogP contribution in [0.3, 0.4) is 0 Å². The number of aliphatic hydroxyl groups excluding tert-OH is 1. The molecule has 1 saturated heterocycles. The van der Waals surface area contributed by atoms with Gasteiger partial charge in [-0.2, -0.15) is 0 Å². The maximum absolute atomic E-state index is 12.2. The highest BCUT2D eigenvalue weighted by Crippen LogP contribution is 2.22. The van der Waals surface area contributed by atoms with Crippen molar-refractivity contribution in [3.63, 3.8) is 0 Å². The maximum atomic E-state index is 12.2. The second kappa shape index (κ2) is 6.53. The van der Waals surface area contributed by atoms with Crippen LogP contribution in [0, 0.1) is 5.92 Å². The minimum Gasteiger partial charge on any atom is -0.396 e. The van der Waals surface area contributed by atoms with Gasteiger partial charge in [0.2, 0.25) is 5.91 Å². The molecule has 0 aromatic carbocycles. The van der Waals surface area contributed by atoms with Gasteiger partial charge >= 0.3 is 0 Å². The van der Waals surface area contributed by atoms with Gasteiger partial charge in [-0.25, -0.2) is 0 Å². The van der Waals surface area contributed by atoms with Crippen LogP contribution in [0.15, 0.2) is 0 Å². The van der Waals surface area contributed by atoms with Gasteiger partial charge in [-0.1, -0.05) is 6.92 Å². The molecular weight excluding hydrogens is 228 g/mol. The van der Waals surface area contributed by atoms with Gasteiger partial charge in [-0.05, 0) is 44.4 Å². The summed E-state index contributed by atoms with van der Waals surface area (Å²) in [6.45, 7) is 4.07. The first-order valence-electron chi connectivity index (χ1n) is 7.36. The predicted molar refractivity (Wildman–Crippen MR) is 71.2 cm³/mol. The van der Waals surface area contributed by atoms with E-state index in [2.05, 4.69) is 12.2 Å². The molecule has 104 valence electrons. The summed E-state index contributed by atoms with van der Waals surface area (Å²) in [6.07, 6.45) is 6.59. The van der Waals surface area contributed by atoms with Crippen LogP contribution in [-0.2, 0) is 4.79 Å². The van der Waals surface area contributed by atoms with Gasteiger partial charge in [-0.15, -0.1) is 0 Å². The highest BCUT2D eigenvalue weighted by molar-refractivity contribution is 5.82. The van der Waals surface area contributed by atoms with Crippen molar-refractivity contribution in [2.75, 3.05) is 19.7 Å². The smallest absolute Gasteiger partial charge is 0.239 e. The third kappa shape index (κ3) is 3.95. The Morgan fingerprint density at radius 1 is 1.44 bits per heavy atom. The number of carbonyl (C=O) groups is 1. The number of hydrogen-bond donors (Lipinski definition) is 2. The van der Waals surface area contributed by atoms with E-state index in [1.165, 1.54) is 12.8 Å². The second-order valence-corrected chi connectivity index (χ2v) is 5.89. The molecule has 18 heavy (non-hydrogen) atoms. The highest BCUT2D eigenvalue weighted by Gasteiger charge is 2.32. The Hall–Kier alpha value is -0.610. The second-order valence-electron chi connectivity index (χ2n) is 5.89. The highest BCUT2D eigenvalue weighted by atomic mass is 16.3. The summed E-state index contributed by atoms with van der Waals surface area (Å²) in [5.41, 5.74) is 0. The molecule has 4 heteroatoms. The largest absolute Gasteiger partial charge is 0.396 e. The van der Waals surface area contributed by atoms with Crippen LogP contribution < -0.4 is 5.32 Å². The molecule has 2 rings (SSSR count). The summed E-state index contributed by atoms with van der Waals surface area (Å²) in [6, 6.07) is 0.676. The van der Waals surface area contributed by atoms with E-state index in [0.29, 0.717) is 17.9 Å². The van der Waals surface area contributed by atoms with E-state index < -0.39 is 0 Å². The van der Waals surface area contributed by atoms with Crippen molar-refractivity contribution in [3.8, 4) is 0 Å². The summed E-state index contributed by atoms with van der Waals surface area (Å²) in [4.78, 5) is 14.3. The zero-order chi connectivity index (χ0) is 13.0. The van der Waals surface area contributed by atoms with Gasteiger partial charge in [0.25, 0.3) is 0 Å². The van der Waals surface area contributed by atoms with Crippen LogP contribution in [0.25, 0.3) is 0 Å². The number of carbonyl (C=O) groups excluding carboxylic acids is 1. The molecule has 0 bridgehead atoms. The zero-order valence-electron chi connectivity index (χ0n) is 11.4. The van der Waals surface area contributed by atoms with Crippen molar-refractivity contribution in [2.24, 2.45) is 5.92 Å². The summed E-state index contributed by atoms with van der Waals surface area (Å²) in [5.74, 6) is 0.648. The monoisotopic (exact) mass is 254 g/mol. The van der Waals surface area contributed by atoms with Crippen molar-refractivity contribution in [1.29, 1.82) is 0 Å². The van der Waals surface area contributed by atoms with E-state index in [0.717, 1.165) is 38.8 Å². The van der Waals surface area contributed by atoms with Crippen LogP contribution in [0.1, 0.15) is 45.4 Å². The summed E-state index contributed by atoms with van der Waals surface area (Å²) < 4.78 is 0. The van der Waals surface area contributed by atoms with Gasteiger partial charge in [0, 0.05) is 25.7 Å². The van der Waals surface area contributed by atoms with E-state index in [-0.39, 0.29) is 12.6 Å². The average Bonchev–Trinajstić information content (AvgIpc) is 3.17. The molecule has 1 heterocycles. The Kier molecular flexibility index (Phi) is 5.01. The first-order chi connectivity index (χ1) is 8.70.